The average molecular weight is 713 g/mol. The van der Waals surface area contributed by atoms with E-state index in [1.165, 1.54) is 0 Å². The summed E-state index contributed by atoms with van der Waals surface area (Å²) in [6.45, 7) is 0. The second-order valence-electron chi connectivity index (χ2n) is 8.65. The summed E-state index contributed by atoms with van der Waals surface area (Å²) in [5, 5.41) is 2.14. The summed E-state index contributed by atoms with van der Waals surface area (Å²) in [7, 11) is 0. The zero-order valence-corrected chi connectivity index (χ0v) is 24.3. The van der Waals surface area contributed by atoms with Gasteiger partial charge in [0, 0.05) is 34.4 Å². The van der Waals surface area contributed by atoms with E-state index in [4.69, 9.17) is 4.74 Å². The summed E-state index contributed by atoms with van der Waals surface area (Å²) in [6.07, 6.45) is 6.47. The standard InChI is InChI=1S/C32H18N4O.U/c1-2-11-29-28(10-1)35-20-30(36-29)37-25-14-12-21(13-15-25)22-6-3-7-23(18-22)27-19-24-8-4-16-33-31(24)32-26(27)9-5-17-34-32;/h1-14,16-19H;/q-2;+2. The van der Waals surface area contributed by atoms with Crippen molar-refractivity contribution in [3.63, 3.8) is 0 Å². The Labute approximate surface area is 243 Å². The van der Waals surface area contributed by atoms with E-state index in [-0.39, 0.29) is 31.1 Å². The minimum Gasteiger partial charge on any atom is -0.482 e. The maximum Gasteiger partial charge on any atom is 2.00 e. The van der Waals surface area contributed by atoms with Crippen LogP contribution < -0.4 is 4.74 Å². The molecule has 0 spiro atoms. The molecule has 0 radical (unpaired) electrons. The summed E-state index contributed by atoms with van der Waals surface area (Å²) in [4.78, 5) is 18.0. The minimum atomic E-state index is 0. The molecule has 0 fully saturated rings. The minimum absolute atomic E-state index is 0. The van der Waals surface area contributed by atoms with Crippen LogP contribution in [0.15, 0.2) is 109 Å². The number of hydrogen-bond acceptors (Lipinski definition) is 5. The SMILES string of the molecule is [U+2].[c-]1cc(-c2cccc(-c3cc4cccnc4c4ncccc34)c2)ccc1Oc1[c-]nc2ccccc2n1. The van der Waals surface area contributed by atoms with Crippen LogP contribution in [0.2, 0.25) is 0 Å². The van der Waals surface area contributed by atoms with Gasteiger partial charge in [-0.25, -0.2) is 4.98 Å². The number of aromatic nitrogens is 4. The van der Waals surface area contributed by atoms with Gasteiger partial charge in [-0.15, -0.1) is 23.8 Å². The molecule has 0 saturated heterocycles. The van der Waals surface area contributed by atoms with Crippen LogP contribution in [0.25, 0.3) is 55.1 Å². The van der Waals surface area contributed by atoms with Gasteiger partial charge in [0.2, 0.25) is 0 Å². The van der Waals surface area contributed by atoms with Crippen LogP contribution in [0.4, 0.5) is 0 Å². The van der Waals surface area contributed by atoms with Crippen molar-refractivity contribution >= 4 is 32.8 Å². The molecule has 0 bridgehead atoms. The van der Waals surface area contributed by atoms with Crippen LogP contribution >= 0.6 is 0 Å². The first-order chi connectivity index (χ1) is 18.3. The van der Waals surface area contributed by atoms with E-state index in [0.717, 1.165) is 55.1 Å². The molecule has 38 heavy (non-hydrogen) atoms. The molecule has 0 unspecified atom stereocenters. The molecular formula is C32H18N4OU. The third-order valence-electron chi connectivity index (χ3n) is 6.33. The second-order valence-corrected chi connectivity index (χ2v) is 8.65. The van der Waals surface area contributed by atoms with Crippen LogP contribution in [0.3, 0.4) is 0 Å². The van der Waals surface area contributed by atoms with Crippen molar-refractivity contribution in [2.45, 2.75) is 0 Å². The fourth-order valence-electron chi connectivity index (χ4n) is 4.58. The molecule has 6 heteroatoms. The second kappa shape index (κ2) is 10.3. The molecule has 0 N–H and O–H groups in total. The number of fused-ring (bicyclic) bond motifs is 4. The molecule has 0 atom stereocenters. The number of para-hydroxylation sites is 2. The Morgan fingerprint density at radius 1 is 0.658 bits per heavy atom. The van der Waals surface area contributed by atoms with Crippen LogP contribution in [0.5, 0.6) is 11.6 Å². The first-order valence-electron chi connectivity index (χ1n) is 11.9. The molecule has 7 aromatic rings. The quantitative estimate of drug-likeness (QED) is 0.140. The van der Waals surface area contributed by atoms with Crippen LogP contribution in [-0.2, 0) is 0 Å². The van der Waals surface area contributed by atoms with Crippen molar-refractivity contribution < 1.29 is 35.9 Å². The van der Waals surface area contributed by atoms with Gasteiger partial charge in [0.05, 0.1) is 11.0 Å². The fraction of sp³-hybridized carbons (Fsp3) is 0. The Morgan fingerprint density at radius 3 is 2.34 bits per heavy atom. The maximum absolute atomic E-state index is 5.86. The predicted molar refractivity (Wildman–Crippen MR) is 145 cm³/mol. The van der Waals surface area contributed by atoms with Crippen molar-refractivity contribution in [3.05, 3.63) is 122 Å². The number of rotatable bonds is 4. The van der Waals surface area contributed by atoms with Gasteiger partial charge in [0.15, 0.2) is 0 Å². The number of pyridine rings is 2. The summed E-state index contributed by atoms with van der Waals surface area (Å²) in [6, 6.07) is 35.5. The molecule has 5 nitrogen and oxygen atoms in total. The first kappa shape index (κ1) is 24.2. The van der Waals surface area contributed by atoms with E-state index in [1.54, 1.807) is 0 Å². The number of benzene rings is 4. The maximum atomic E-state index is 5.86. The molecule has 0 aliphatic heterocycles. The third-order valence-corrected chi connectivity index (χ3v) is 6.33. The average Bonchev–Trinajstić information content (AvgIpc) is 2.97. The number of ether oxygens (including phenoxy) is 1. The molecule has 4 aromatic carbocycles. The van der Waals surface area contributed by atoms with E-state index in [9.17, 15) is 0 Å². The predicted octanol–water partition coefficient (Wildman–Crippen LogP) is 7.45. The van der Waals surface area contributed by atoms with Crippen LogP contribution in [-0.4, -0.2) is 19.9 Å². The summed E-state index contributed by atoms with van der Waals surface area (Å²) in [5.74, 6) is 0.871. The van der Waals surface area contributed by atoms with Gasteiger partial charge in [-0.05, 0) is 29.3 Å². The third kappa shape index (κ3) is 4.54. The summed E-state index contributed by atoms with van der Waals surface area (Å²) >= 11 is 0. The van der Waals surface area contributed by atoms with Crippen LogP contribution in [0, 0.1) is 43.4 Å². The largest absolute Gasteiger partial charge is 2.00 e. The van der Waals surface area contributed by atoms with E-state index in [2.05, 4.69) is 74.7 Å². The van der Waals surface area contributed by atoms with Crippen LogP contribution in [0.1, 0.15) is 0 Å². The van der Waals surface area contributed by atoms with Crippen molar-refractivity contribution in [1.29, 1.82) is 0 Å². The molecule has 3 aromatic heterocycles. The molecule has 7 rings (SSSR count). The zero-order chi connectivity index (χ0) is 24.6. The van der Waals surface area contributed by atoms with Gasteiger partial charge in [-0.2, -0.15) is 12.1 Å². The van der Waals surface area contributed by atoms with Gasteiger partial charge in [-0.3, -0.25) is 9.97 Å². The molecule has 0 aliphatic rings. The first-order valence-corrected chi connectivity index (χ1v) is 11.9. The fourth-order valence-corrected chi connectivity index (χ4v) is 4.58. The van der Waals surface area contributed by atoms with Gasteiger partial charge >= 0.3 is 31.1 Å². The van der Waals surface area contributed by atoms with E-state index < -0.39 is 0 Å². The molecule has 176 valence electrons. The molecule has 0 aliphatic carbocycles. The van der Waals surface area contributed by atoms with E-state index in [0.29, 0.717) is 11.6 Å². The van der Waals surface area contributed by atoms with Crippen molar-refractivity contribution in [1.82, 2.24) is 19.9 Å². The Bertz CT molecular complexity index is 1920. The van der Waals surface area contributed by atoms with Gasteiger partial charge < -0.3 is 9.72 Å². The topological polar surface area (TPSA) is 60.8 Å². The Balaban J connectivity index is 0.00000264. The molecular weight excluding hydrogens is 694 g/mol. The van der Waals surface area contributed by atoms with Crippen molar-refractivity contribution in [2.75, 3.05) is 0 Å². The van der Waals surface area contributed by atoms with Gasteiger partial charge in [0.25, 0.3) is 0 Å². The Morgan fingerprint density at radius 2 is 1.47 bits per heavy atom. The van der Waals surface area contributed by atoms with Gasteiger partial charge in [-0.1, -0.05) is 71.9 Å². The van der Waals surface area contributed by atoms with Gasteiger partial charge in [0.1, 0.15) is 5.88 Å². The van der Waals surface area contributed by atoms with E-state index in [1.807, 2.05) is 67.0 Å². The zero-order valence-electron chi connectivity index (χ0n) is 20.1. The Hall–Kier alpha value is -4.11. The summed E-state index contributed by atoms with van der Waals surface area (Å²) in [5.41, 5.74) is 7.72. The normalized spacial score (nSPS) is 10.9. The summed E-state index contributed by atoms with van der Waals surface area (Å²) < 4.78 is 5.86. The number of hydrogen-bond donors (Lipinski definition) is 0. The smallest absolute Gasteiger partial charge is 0.482 e. The monoisotopic (exact) mass is 712 g/mol. The Kier molecular flexibility index (Phi) is 6.59. The molecule has 3 heterocycles. The molecule has 0 saturated carbocycles. The number of nitrogens with zero attached hydrogens (tertiary/aromatic N) is 4. The van der Waals surface area contributed by atoms with E-state index >= 15 is 0 Å². The van der Waals surface area contributed by atoms with Crippen molar-refractivity contribution in [2.24, 2.45) is 0 Å². The molecule has 0 amide bonds. The van der Waals surface area contributed by atoms with Crippen molar-refractivity contribution in [3.8, 4) is 33.9 Å².